The van der Waals surface area contributed by atoms with Gasteiger partial charge in [-0.1, -0.05) is 44.6 Å². The standard InChI is InChI=1S/C19H28N2O2S/c22-17(14-16-10-7-13-24-16)21-19(11-5-2-6-12-19)18(23)20-15-8-3-1-4-9-15/h7,10,13,15H,1-6,8-9,11-12,14H2,(H,20,23)(H,21,22). The normalized spacial score (nSPS) is 21.2. The van der Waals surface area contributed by atoms with Gasteiger partial charge in [0.1, 0.15) is 5.54 Å². The van der Waals surface area contributed by atoms with Crippen LogP contribution in [0.25, 0.3) is 0 Å². The van der Waals surface area contributed by atoms with Gasteiger partial charge in [0.15, 0.2) is 0 Å². The molecule has 1 aromatic heterocycles. The zero-order chi connectivity index (χ0) is 16.8. The summed E-state index contributed by atoms with van der Waals surface area (Å²) in [6.45, 7) is 0. The summed E-state index contributed by atoms with van der Waals surface area (Å²) in [7, 11) is 0. The highest BCUT2D eigenvalue weighted by Gasteiger charge is 2.41. The van der Waals surface area contributed by atoms with Gasteiger partial charge in [-0.05, 0) is 37.1 Å². The molecule has 132 valence electrons. The number of thiophene rings is 1. The number of nitrogens with one attached hydrogen (secondary N) is 2. The third-order valence-corrected chi connectivity index (χ3v) is 6.25. The monoisotopic (exact) mass is 348 g/mol. The molecule has 0 spiro atoms. The summed E-state index contributed by atoms with van der Waals surface area (Å²) in [5.74, 6) is 0.0202. The summed E-state index contributed by atoms with van der Waals surface area (Å²) in [6.07, 6.45) is 10.9. The Labute approximate surface area is 148 Å². The zero-order valence-corrected chi connectivity index (χ0v) is 15.1. The second-order valence-electron chi connectivity index (χ2n) is 7.26. The van der Waals surface area contributed by atoms with E-state index >= 15 is 0 Å². The Morgan fingerprint density at radius 3 is 2.46 bits per heavy atom. The van der Waals surface area contributed by atoms with Gasteiger partial charge in [0.05, 0.1) is 6.42 Å². The lowest BCUT2D eigenvalue weighted by atomic mass is 9.80. The lowest BCUT2D eigenvalue weighted by Crippen LogP contribution is -2.61. The fourth-order valence-corrected chi connectivity index (χ4v) is 4.72. The third-order valence-electron chi connectivity index (χ3n) is 5.38. The molecule has 5 heteroatoms. The largest absolute Gasteiger partial charge is 0.351 e. The first-order valence-electron chi connectivity index (χ1n) is 9.32. The van der Waals surface area contributed by atoms with Crippen molar-refractivity contribution >= 4 is 23.2 Å². The van der Waals surface area contributed by atoms with Crippen molar-refractivity contribution in [3.8, 4) is 0 Å². The number of hydrogen-bond acceptors (Lipinski definition) is 3. The molecule has 1 heterocycles. The molecule has 0 aliphatic heterocycles. The highest BCUT2D eigenvalue weighted by atomic mass is 32.1. The van der Waals surface area contributed by atoms with E-state index in [1.54, 1.807) is 11.3 Å². The predicted molar refractivity (Wildman–Crippen MR) is 97.0 cm³/mol. The Morgan fingerprint density at radius 1 is 1.08 bits per heavy atom. The Hall–Kier alpha value is -1.36. The van der Waals surface area contributed by atoms with Gasteiger partial charge >= 0.3 is 0 Å². The second-order valence-corrected chi connectivity index (χ2v) is 8.29. The first-order valence-corrected chi connectivity index (χ1v) is 10.2. The summed E-state index contributed by atoms with van der Waals surface area (Å²) in [5.41, 5.74) is -0.690. The maximum absolute atomic E-state index is 13.0. The first kappa shape index (κ1) is 17.5. The minimum absolute atomic E-state index is 0.0295. The summed E-state index contributed by atoms with van der Waals surface area (Å²) >= 11 is 1.59. The van der Waals surface area contributed by atoms with Crippen LogP contribution in [0.4, 0.5) is 0 Å². The van der Waals surface area contributed by atoms with Crippen LogP contribution in [0.2, 0.25) is 0 Å². The number of amides is 2. The van der Waals surface area contributed by atoms with E-state index in [2.05, 4.69) is 10.6 Å². The van der Waals surface area contributed by atoms with Crippen LogP contribution in [0.5, 0.6) is 0 Å². The number of carbonyl (C=O) groups is 2. The Bertz CT molecular complexity index is 544. The SMILES string of the molecule is O=C(Cc1cccs1)NC1(C(=O)NC2CCCCC2)CCCCC1. The van der Waals surface area contributed by atoms with E-state index in [-0.39, 0.29) is 11.8 Å². The van der Waals surface area contributed by atoms with Crippen LogP contribution >= 0.6 is 11.3 Å². The van der Waals surface area contributed by atoms with Gasteiger partial charge in [-0.3, -0.25) is 9.59 Å². The zero-order valence-electron chi connectivity index (χ0n) is 14.3. The van der Waals surface area contributed by atoms with E-state index in [1.165, 1.54) is 19.3 Å². The molecule has 2 N–H and O–H groups in total. The molecule has 1 aromatic rings. The van der Waals surface area contributed by atoms with Crippen LogP contribution < -0.4 is 10.6 Å². The minimum Gasteiger partial charge on any atom is -0.351 e. The van der Waals surface area contributed by atoms with Crippen molar-refractivity contribution in [2.45, 2.75) is 82.2 Å². The van der Waals surface area contributed by atoms with Crippen molar-refractivity contribution in [1.82, 2.24) is 10.6 Å². The van der Waals surface area contributed by atoms with Gasteiger partial charge < -0.3 is 10.6 Å². The average Bonchev–Trinajstić information content (AvgIpc) is 3.09. The van der Waals surface area contributed by atoms with E-state index < -0.39 is 5.54 Å². The molecule has 2 saturated carbocycles. The van der Waals surface area contributed by atoms with Crippen LogP contribution in [0.1, 0.15) is 69.1 Å². The number of rotatable bonds is 5. The highest BCUT2D eigenvalue weighted by molar-refractivity contribution is 7.10. The summed E-state index contributed by atoms with van der Waals surface area (Å²) in [4.78, 5) is 26.5. The summed E-state index contributed by atoms with van der Waals surface area (Å²) in [6, 6.07) is 4.22. The van der Waals surface area contributed by atoms with Crippen molar-refractivity contribution in [3.63, 3.8) is 0 Å². The lowest BCUT2D eigenvalue weighted by Gasteiger charge is -2.38. The van der Waals surface area contributed by atoms with Gasteiger partial charge in [-0.15, -0.1) is 11.3 Å². The molecule has 0 atom stereocenters. The van der Waals surface area contributed by atoms with Gasteiger partial charge in [0, 0.05) is 10.9 Å². The summed E-state index contributed by atoms with van der Waals surface area (Å²) in [5, 5.41) is 8.34. The molecular weight excluding hydrogens is 320 g/mol. The van der Waals surface area contributed by atoms with Crippen molar-refractivity contribution in [3.05, 3.63) is 22.4 Å². The molecule has 24 heavy (non-hydrogen) atoms. The van der Waals surface area contributed by atoms with Crippen molar-refractivity contribution in [2.75, 3.05) is 0 Å². The second kappa shape index (κ2) is 8.15. The van der Waals surface area contributed by atoms with Gasteiger partial charge in [-0.2, -0.15) is 0 Å². The molecule has 2 fully saturated rings. The molecule has 2 amide bonds. The van der Waals surface area contributed by atoms with Crippen molar-refractivity contribution < 1.29 is 9.59 Å². The number of hydrogen-bond donors (Lipinski definition) is 2. The van der Waals surface area contributed by atoms with Crippen LogP contribution in [0.15, 0.2) is 17.5 Å². The fourth-order valence-electron chi connectivity index (χ4n) is 4.02. The average molecular weight is 349 g/mol. The molecule has 0 unspecified atom stereocenters. The topological polar surface area (TPSA) is 58.2 Å². The van der Waals surface area contributed by atoms with Crippen molar-refractivity contribution in [2.24, 2.45) is 0 Å². The quantitative estimate of drug-likeness (QED) is 0.855. The van der Waals surface area contributed by atoms with Crippen LogP contribution in [-0.2, 0) is 16.0 Å². The molecule has 0 aromatic carbocycles. The number of carbonyl (C=O) groups excluding carboxylic acids is 2. The van der Waals surface area contributed by atoms with E-state index in [1.807, 2.05) is 17.5 Å². The van der Waals surface area contributed by atoms with E-state index in [4.69, 9.17) is 0 Å². The maximum atomic E-state index is 13.0. The van der Waals surface area contributed by atoms with Gasteiger partial charge in [-0.25, -0.2) is 0 Å². The van der Waals surface area contributed by atoms with E-state index in [0.29, 0.717) is 12.5 Å². The fraction of sp³-hybridized carbons (Fsp3) is 0.684. The maximum Gasteiger partial charge on any atom is 0.245 e. The molecule has 2 aliphatic rings. The smallest absolute Gasteiger partial charge is 0.245 e. The van der Waals surface area contributed by atoms with Crippen LogP contribution in [0, 0.1) is 0 Å². The Balaban J connectivity index is 1.64. The Kier molecular flexibility index (Phi) is 5.93. The van der Waals surface area contributed by atoms with Gasteiger partial charge in [0.25, 0.3) is 0 Å². The lowest BCUT2D eigenvalue weighted by molar-refractivity contribution is -0.135. The van der Waals surface area contributed by atoms with Gasteiger partial charge in [0.2, 0.25) is 11.8 Å². The molecule has 0 bridgehead atoms. The molecule has 0 saturated heterocycles. The van der Waals surface area contributed by atoms with Crippen LogP contribution in [-0.4, -0.2) is 23.4 Å². The van der Waals surface area contributed by atoms with E-state index in [0.717, 1.165) is 49.8 Å². The van der Waals surface area contributed by atoms with E-state index in [9.17, 15) is 9.59 Å². The molecular formula is C19H28N2O2S. The minimum atomic E-state index is -0.690. The molecule has 0 radical (unpaired) electrons. The van der Waals surface area contributed by atoms with Crippen molar-refractivity contribution in [1.29, 1.82) is 0 Å². The highest BCUT2D eigenvalue weighted by Crippen LogP contribution is 2.30. The first-order chi connectivity index (χ1) is 11.7. The summed E-state index contributed by atoms with van der Waals surface area (Å²) < 4.78 is 0. The molecule has 4 nitrogen and oxygen atoms in total. The molecule has 3 rings (SSSR count). The van der Waals surface area contributed by atoms with Crippen LogP contribution in [0.3, 0.4) is 0 Å². The molecule has 2 aliphatic carbocycles. The Morgan fingerprint density at radius 2 is 1.79 bits per heavy atom. The third kappa shape index (κ3) is 4.38. The predicted octanol–water partition coefficient (Wildman–Crippen LogP) is 3.56.